The van der Waals surface area contributed by atoms with E-state index in [9.17, 15) is 43.8 Å². The van der Waals surface area contributed by atoms with E-state index in [0.29, 0.717) is 57.4 Å². The highest BCUT2D eigenvalue weighted by molar-refractivity contribution is 5.98. The fourth-order valence-corrected chi connectivity index (χ4v) is 7.88. The van der Waals surface area contributed by atoms with Crippen LogP contribution in [-0.4, -0.2) is 117 Å². The molecule has 3 fully saturated rings. The van der Waals surface area contributed by atoms with Gasteiger partial charge in [-0.3, -0.25) is 33.6 Å². The third kappa shape index (κ3) is 12.7. The highest BCUT2D eigenvalue weighted by atomic mass is 16.4. The summed E-state index contributed by atoms with van der Waals surface area (Å²) in [6.07, 6.45) is 7.65. The van der Waals surface area contributed by atoms with Gasteiger partial charge in [0.05, 0.1) is 12.5 Å². The highest BCUT2D eigenvalue weighted by Gasteiger charge is 2.42. The number of nitrogens with zero attached hydrogens (tertiary/aromatic N) is 2. The van der Waals surface area contributed by atoms with Crippen LogP contribution in [0.4, 0.5) is 0 Å². The molecule has 0 aromatic rings. The van der Waals surface area contributed by atoms with Crippen molar-refractivity contribution in [3.63, 3.8) is 0 Å². The molecule has 53 heavy (non-hydrogen) atoms. The summed E-state index contributed by atoms with van der Waals surface area (Å²) in [5.74, 6) is -4.24. The Morgan fingerprint density at radius 3 is 1.75 bits per heavy atom. The van der Waals surface area contributed by atoms with E-state index in [4.69, 9.17) is 0 Å². The second kappa shape index (κ2) is 21.2. The smallest absolute Gasteiger partial charge is 0.305 e. The molecule has 2 aliphatic heterocycles. The van der Waals surface area contributed by atoms with Gasteiger partial charge in [-0.05, 0) is 69.6 Å². The summed E-state index contributed by atoms with van der Waals surface area (Å²) >= 11 is 0. The molecule has 6 N–H and O–H groups in total. The van der Waals surface area contributed by atoms with Crippen LogP contribution in [0, 0.1) is 17.8 Å². The molecule has 1 aliphatic carbocycles. The summed E-state index contributed by atoms with van der Waals surface area (Å²) in [7, 11) is 0. The summed E-state index contributed by atoms with van der Waals surface area (Å²) in [5.41, 5.74) is 0. The minimum absolute atomic E-state index is 0.119. The third-order valence-electron chi connectivity index (χ3n) is 11.0. The second-order valence-corrected chi connectivity index (χ2v) is 15.6. The molecule has 6 amide bonds. The number of hydrogen-bond acceptors (Lipinski definition) is 8. The molecule has 0 spiro atoms. The highest BCUT2D eigenvalue weighted by Crippen LogP contribution is 2.31. The monoisotopic (exact) mass is 748 g/mol. The number of aliphatic hydroxyl groups is 1. The lowest BCUT2D eigenvalue weighted by molar-refractivity contribution is -0.151. The van der Waals surface area contributed by atoms with Crippen molar-refractivity contribution in [1.29, 1.82) is 0 Å². The van der Waals surface area contributed by atoms with Crippen LogP contribution in [0.3, 0.4) is 0 Å². The van der Waals surface area contributed by atoms with Crippen molar-refractivity contribution in [2.24, 2.45) is 17.8 Å². The van der Waals surface area contributed by atoms with Crippen LogP contribution in [0.25, 0.3) is 0 Å². The lowest BCUT2D eigenvalue weighted by Gasteiger charge is -2.40. The van der Waals surface area contributed by atoms with Gasteiger partial charge in [-0.15, -0.1) is 0 Å². The number of aliphatic hydroxyl groups excluding tert-OH is 1. The van der Waals surface area contributed by atoms with Gasteiger partial charge in [0.2, 0.25) is 35.4 Å². The topological polar surface area (TPSA) is 215 Å². The third-order valence-corrected chi connectivity index (χ3v) is 11.0. The number of rotatable bonds is 17. The van der Waals surface area contributed by atoms with Gasteiger partial charge in [-0.1, -0.05) is 59.8 Å². The number of amides is 6. The number of likely N-dealkylation sites (tertiary alicyclic amines) is 2. The Morgan fingerprint density at radius 2 is 1.23 bits per heavy atom. The van der Waals surface area contributed by atoms with Crippen molar-refractivity contribution in [3.8, 4) is 0 Å². The zero-order chi connectivity index (χ0) is 39.2. The van der Waals surface area contributed by atoms with Gasteiger partial charge in [-0.2, -0.15) is 0 Å². The molecule has 0 bridgehead atoms. The normalized spacial score (nSPS) is 22.5. The molecule has 0 radical (unpaired) electrons. The van der Waals surface area contributed by atoms with Crippen molar-refractivity contribution < 1.29 is 43.8 Å². The first-order valence-corrected chi connectivity index (χ1v) is 19.8. The van der Waals surface area contributed by atoms with E-state index in [1.807, 2.05) is 20.8 Å². The minimum atomic E-state index is -1.53. The average molecular weight is 749 g/mol. The summed E-state index contributed by atoms with van der Waals surface area (Å²) in [4.78, 5) is 96.0. The van der Waals surface area contributed by atoms with Crippen molar-refractivity contribution >= 4 is 41.4 Å². The summed E-state index contributed by atoms with van der Waals surface area (Å²) < 4.78 is 0. The quantitative estimate of drug-likeness (QED) is 0.128. The van der Waals surface area contributed by atoms with E-state index < -0.39 is 78.2 Å². The van der Waals surface area contributed by atoms with Gasteiger partial charge in [0, 0.05) is 26.1 Å². The van der Waals surface area contributed by atoms with E-state index in [2.05, 4.69) is 28.2 Å². The van der Waals surface area contributed by atoms with Crippen LogP contribution in [0.5, 0.6) is 0 Å². The summed E-state index contributed by atoms with van der Waals surface area (Å²) in [6, 6.07) is -5.72. The molecule has 15 heteroatoms. The summed E-state index contributed by atoms with van der Waals surface area (Å²) in [6.45, 7) is 9.71. The Balaban J connectivity index is 1.75. The van der Waals surface area contributed by atoms with Crippen molar-refractivity contribution in [1.82, 2.24) is 31.1 Å². The second-order valence-electron chi connectivity index (χ2n) is 15.6. The fraction of sp³-hybridized carbons (Fsp3) is 0.816. The Hall–Kier alpha value is -3.75. The number of nitrogens with one attached hydrogen (secondary N) is 4. The Kier molecular flexibility index (Phi) is 17.5. The van der Waals surface area contributed by atoms with Crippen molar-refractivity contribution in [3.05, 3.63) is 0 Å². The number of carbonyl (C=O) groups excluding carboxylic acids is 6. The molecular weight excluding hydrogens is 684 g/mol. The molecule has 1 saturated carbocycles. The molecule has 1 unspecified atom stereocenters. The lowest BCUT2D eigenvalue weighted by Crippen LogP contribution is -2.63. The standard InChI is InChI=1S/C38H64N6O9/c1-6-18-39-36(51)33(25(5)45)42-35(50)29-17-10-12-19-43(29)37(52)27(22-31(47)48)40-34(49)28-16-11-13-20-44(28)38(53)32(23(2)3)41-30(46)21-24(4)26-14-8-7-9-15-26/h23-29,32-33,45H,6-22H2,1-5H3,(H,39,51)(H,40,49)(H,41,46)(H,42,50)(H,47,48)/t24-,25?,27-,28-,29-,32-,33-/m0/s1. The molecule has 7 atom stereocenters. The van der Waals surface area contributed by atoms with Crippen LogP contribution >= 0.6 is 0 Å². The Bertz CT molecular complexity index is 1290. The van der Waals surface area contributed by atoms with Gasteiger partial charge >= 0.3 is 5.97 Å². The molecule has 2 saturated heterocycles. The maximum Gasteiger partial charge on any atom is 0.305 e. The van der Waals surface area contributed by atoms with Gasteiger partial charge in [0.25, 0.3) is 0 Å². The first-order chi connectivity index (χ1) is 25.2. The van der Waals surface area contributed by atoms with Crippen LogP contribution in [0.15, 0.2) is 0 Å². The number of carboxylic acids is 1. The van der Waals surface area contributed by atoms with E-state index in [1.54, 1.807) is 0 Å². The maximum atomic E-state index is 14.1. The predicted molar refractivity (Wildman–Crippen MR) is 197 cm³/mol. The van der Waals surface area contributed by atoms with Gasteiger partial charge in [0.15, 0.2) is 0 Å². The van der Waals surface area contributed by atoms with E-state index >= 15 is 0 Å². The number of carbonyl (C=O) groups is 7. The van der Waals surface area contributed by atoms with Gasteiger partial charge in [0.1, 0.15) is 30.2 Å². The molecule has 15 nitrogen and oxygen atoms in total. The predicted octanol–water partition coefficient (Wildman–Crippen LogP) is 1.85. The molecule has 0 aromatic carbocycles. The first kappa shape index (κ1) is 43.7. The lowest BCUT2D eigenvalue weighted by atomic mass is 9.79. The Labute approximate surface area is 314 Å². The van der Waals surface area contributed by atoms with E-state index in [-0.39, 0.29) is 37.3 Å². The zero-order valence-corrected chi connectivity index (χ0v) is 32.4. The molecule has 300 valence electrons. The van der Waals surface area contributed by atoms with Gasteiger partial charge < -0.3 is 41.3 Å². The fourth-order valence-electron chi connectivity index (χ4n) is 7.88. The first-order valence-electron chi connectivity index (χ1n) is 19.8. The van der Waals surface area contributed by atoms with Crippen LogP contribution < -0.4 is 21.3 Å². The summed E-state index contributed by atoms with van der Waals surface area (Å²) in [5, 5.41) is 30.8. The SMILES string of the molecule is CCCNC(=O)[C@@H](NC(=O)[C@@H]1CCCCN1C(=O)[C@H](CC(=O)O)NC(=O)[C@@H]1CCCCN1C(=O)[C@@H](NC(=O)C[C@H](C)C1CCCCC1)C(C)C)C(C)O. The molecule has 3 rings (SSSR count). The molecular formula is C38H64N6O9. The largest absolute Gasteiger partial charge is 0.481 e. The molecule has 2 heterocycles. The zero-order valence-electron chi connectivity index (χ0n) is 32.4. The van der Waals surface area contributed by atoms with Crippen LogP contribution in [-0.2, 0) is 33.6 Å². The molecule has 3 aliphatic rings. The number of carboxylic acid groups (broad SMARTS) is 1. The minimum Gasteiger partial charge on any atom is -0.481 e. The van der Waals surface area contributed by atoms with Gasteiger partial charge in [-0.25, -0.2) is 0 Å². The number of piperidine rings is 2. The molecule has 0 aromatic heterocycles. The van der Waals surface area contributed by atoms with Crippen LogP contribution in [0.2, 0.25) is 0 Å². The van der Waals surface area contributed by atoms with Crippen LogP contribution in [0.1, 0.15) is 125 Å². The van der Waals surface area contributed by atoms with Crippen molar-refractivity contribution in [2.75, 3.05) is 19.6 Å². The van der Waals surface area contributed by atoms with E-state index in [0.717, 1.165) is 12.8 Å². The average Bonchev–Trinajstić information content (AvgIpc) is 3.13. The van der Waals surface area contributed by atoms with Crippen molar-refractivity contribution in [2.45, 2.75) is 161 Å². The number of hydrogen-bond donors (Lipinski definition) is 6. The number of aliphatic carboxylic acids is 1. The van der Waals surface area contributed by atoms with E-state index in [1.165, 1.54) is 36.0 Å². The Morgan fingerprint density at radius 1 is 0.679 bits per heavy atom. The maximum absolute atomic E-state index is 14.1.